The van der Waals surface area contributed by atoms with Crippen LogP contribution in [0.25, 0.3) is 22.5 Å². The van der Waals surface area contributed by atoms with Gasteiger partial charge in [-0.3, -0.25) is 0 Å². The van der Waals surface area contributed by atoms with Crippen molar-refractivity contribution in [1.29, 1.82) is 0 Å². The molecule has 2 aromatic carbocycles. The lowest BCUT2D eigenvalue weighted by Gasteiger charge is -2.09. The summed E-state index contributed by atoms with van der Waals surface area (Å²) in [5.74, 6) is 0.299. The number of benzene rings is 2. The average molecular weight is 507 g/mol. The van der Waals surface area contributed by atoms with Crippen LogP contribution in [0.2, 0.25) is 0 Å². The molecular formula is C31H39FN2O3. The molecule has 0 amide bonds. The summed E-state index contributed by atoms with van der Waals surface area (Å²) in [6.07, 6.45) is 11.5. The Kier molecular flexibility index (Phi) is 12.2. The van der Waals surface area contributed by atoms with Gasteiger partial charge in [-0.2, -0.15) is 0 Å². The van der Waals surface area contributed by atoms with Gasteiger partial charge in [-0.05, 0) is 48.1 Å². The lowest BCUT2D eigenvalue weighted by atomic mass is 10.0. The highest BCUT2D eigenvalue weighted by atomic mass is 19.1. The summed E-state index contributed by atoms with van der Waals surface area (Å²) in [6.45, 7) is 4.48. The Balaban J connectivity index is 1.46. The van der Waals surface area contributed by atoms with Crippen molar-refractivity contribution in [3.8, 4) is 22.5 Å². The lowest BCUT2D eigenvalue weighted by molar-refractivity contribution is 0.0212. The van der Waals surface area contributed by atoms with Gasteiger partial charge in [-0.25, -0.2) is 19.2 Å². The fraction of sp³-hybridized carbons (Fsp3) is 0.452. The van der Waals surface area contributed by atoms with E-state index in [1.807, 2.05) is 55.7 Å². The highest BCUT2D eigenvalue weighted by Crippen LogP contribution is 2.24. The van der Waals surface area contributed by atoms with Gasteiger partial charge < -0.3 is 9.47 Å². The van der Waals surface area contributed by atoms with Gasteiger partial charge in [-0.15, -0.1) is 0 Å². The first-order valence-electron chi connectivity index (χ1n) is 13.5. The Hall–Kier alpha value is -3.12. The molecule has 5 nitrogen and oxygen atoms in total. The van der Waals surface area contributed by atoms with Crippen LogP contribution >= 0.6 is 0 Å². The van der Waals surface area contributed by atoms with Gasteiger partial charge in [-0.1, -0.05) is 82.3 Å². The van der Waals surface area contributed by atoms with Crippen LogP contribution in [0.3, 0.4) is 0 Å². The van der Waals surface area contributed by atoms with Crippen molar-refractivity contribution < 1.29 is 18.7 Å². The zero-order valence-corrected chi connectivity index (χ0v) is 22.1. The first kappa shape index (κ1) is 28.5. The molecule has 37 heavy (non-hydrogen) atoms. The minimum Gasteiger partial charge on any atom is -0.460 e. The third-order valence-electron chi connectivity index (χ3n) is 6.23. The minimum atomic E-state index is -0.967. The van der Waals surface area contributed by atoms with Gasteiger partial charge in [0, 0.05) is 18.0 Å². The summed E-state index contributed by atoms with van der Waals surface area (Å²) in [5.41, 5.74) is 4.65. The Morgan fingerprint density at radius 2 is 1.43 bits per heavy atom. The van der Waals surface area contributed by atoms with Crippen molar-refractivity contribution in [1.82, 2.24) is 9.97 Å². The van der Waals surface area contributed by atoms with Crippen LogP contribution in [-0.4, -0.2) is 41.9 Å². The molecule has 3 rings (SSSR count). The maximum Gasteiger partial charge on any atom is 0.338 e. The molecule has 1 atom stereocenters. The maximum absolute atomic E-state index is 13.4. The fourth-order valence-electron chi connectivity index (χ4n) is 4.06. The maximum atomic E-state index is 13.4. The van der Waals surface area contributed by atoms with Crippen molar-refractivity contribution >= 4 is 5.97 Å². The molecule has 1 heterocycles. The van der Waals surface area contributed by atoms with Crippen molar-refractivity contribution in [2.45, 2.75) is 71.4 Å². The Morgan fingerprint density at radius 3 is 2.08 bits per heavy atom. The standard InChI is InChI=1S/C31H39FN2O3/c1-3-5-6-7-8-10-24-21-33-30(34-22-24)27-15-11-25(12-16-27)26-13-17-28(18-14-26)31(35)37-20-19-36-23-29(32)9-4-2/h11-18,21-22,29H,3-10,19-20,23H2,1-2H3/t29-/m0/s1. The summed E-state index contributed by atoms with van der Waals surface area (Å²) in [4.78, 5) is 21.4. The summed E-state index contributed by atoms with van der Waals surface area (Å²) < 4.78 is 23.8. The zero-order valence-electron chi connectivity index (χ0n) is 22.1. The lowest BCUT2D eigenvalue weighted by Crippen LogP contribution is -2.15. The summed E-state index contributed by atoms with van der Waals surface area (Å²) in [5, 5.41) is 0. The Morgan fingerprint density at radius 1 is 0.811 bits per heavy atom. The molecule has 1 aromatic heterocycles. The number of alkyl halides is 1. The molecular weight excluding hydrogens is 467 g/mol. The van der Waals surface area contributed by atoms with Crippen molar-refractivity contribution in [3.63, 3.8) is 0 Å². The molecule has 198 valence electrons. The van der Waals surface area contributed by atoms with Crippen molar-refractivity contribution in [2.24, 2.45) is 0 Å². The molecule has 0 aliphatic carbocycles. The van der Waals surface area contributed by atoms with Gasteiger partial charge in [0.15, 0.2) is 5.82 Å². The number of rotatable bonds is 16. The predicted octanol–water partition coefficient (Wildman–Crippen LogP) is 7.64. The number of carbonyl (C=O) groups is 1. The summed E-state index contributed by atoms with van der Waals surface area (Å²) in [7, 11) is 0. The molecule has 0 fully saturated rings. The van der Waals surface area contributed by atoms with E-state index in [4.69, 9.17) is 9.47 Å². The third kappa shape index (κ3) is 9.69. The van der Waals surface area contributed by atoms with Crippen molar-refractivity contribution in [2.75, 3.05) is 19.8 Å². The summed E-state index contributed by atoms with van der Waals surface area (Å²) in [6, 6.07) is 15.4. The van der Waals surface area contributed by atoms with E-state index in [0.29, 0.717) is 12.0 Å². The van der Waals surface area contributed by atoms with Gasteiger partial charge in [0.05, 0.1) is 18.8 Å². The van der Waals surface area contributed by atoms with Crippen LogP contribution in [0.1, 0.15) is 74.7 Å². The first-order valence-corrected chi connectivity index (χ1v) is 13.5. The molecule has 0 N–H and O–H groups in total. The molecule has 0 unspecified atom stereocenters. The van der Waals surface area contributed by atoms with Crippen LogP contribution < -0.4 is 0 Å². The van der Waals surface area contributed by atoms with E-state index in [2.05, 4.69) is 16.9 Å². The van der Waals surface area contributed by atoms with Gasteiger partial charge in [0.2, 0.25) is 0 Å². The molecule has 0 saturated carbocycles. The smallest absolute Gasteiger partial charge is 0.338 e. The molecule has 0 radical (unpaired) electrons. The number of aryl methyl sites for hydroxylation is 1. The number of hydrogen-bond acceptors (Lipinski definition) is 5. The molecule has 6 heteroatoms. The minimum absolute atomic E-state index is 0.0372. The largest absolute Gasteiger partial charge is 0.460 e. The second-order valence-corrected chi connectivity index (χ2v) is 9.33. The van der Waals surface area contributed by atoms with Crippen LogP contribution in [0.15, 0.2) is 60.9 Å². The number of carbonyl (C=O) groups excluding carboxylic acids is 1. The van der Waals surface area contributed by atoms with E-state index >= 15 is 0 Å². The Bertz CT molecular complexity index is 1050. The molecule has 0 aliphatic rings. The fourth-order valence-corrected chi connectivity index (χ4v) is 4.06. The number of nitrogens with zero attached hydrogens (tertiary/aromatic N) is 2. The van der Waals surface area contributed by atoms with E-state index in [0.717, 1.165) is 35.4 Å². The zero-order chi connectivity index (χ0) is 26.3. The molecule has 0 bridgehead atoms. The first-order chi connectivity index (χ1) is 18.1. The molecule has 3 aromatic rings. The van der Waals surface area contributed by atoms with Crippen LogP contribution in [0.5, 0.6) is 0 Å². The average Bonchev–Trinajstić information content (AvgIpc) is 2.93. The predicted molar refractivity (Wildman–Crippen MR) is 146 cm³/mol. The topological polar surface area (TPSA) is 61.3 Å². The van der Waals surface area contributed by atoms with Crippen molar-refractivity contribution in [3.05, 3.63) is 72.1 Å². The van der Waals surface area contributed by atoms with Gasteiger partial charge >= 0.3 is 5.97 Å². The van der Waals surface area contributed by atoms with E-state index < -0.39 is 12.1 Å². The second kappa shape index (κ2) is 15.9. The monoisotopic (exact) mass is 506 g/mol. The van der Waals surface area contributed by atoms with E-state index in [9.17, 15) is 9.18 Å². The molecule has 0 saturated heterocycles. The van der Waals surface area contributed by atoms with Crippen LogP contribution in [-0.2, 0) is 15.9 Å². The van der Waals surface area contributed by atoms with Crippen LogP contribution in [0, 0.1) is 0 Å². The Labute approximate surface area is 220 Å². The molecule has 0 spiro atoms. The number of hydrogen-bond donors (Lipinski definition) is 0. The quantitative estimate of drug-likeness (QED) is 0.148. The van der Waals surface area contributed by atoms with E-state index in [1.165, 1.54) is 37.7 Å². The van der Waals surface area contributed by atoms with E-state index in [-0.39, 0.29) is 19.8 Å². The number of aromatic nitrogens is 2. The van der Waals surface area contributed by atoms with Gasteiger partial charge in [0.1, 0.15) is 12.8 Å². The number of ether oxygens (including phenoxy) is 2. The highest BCUT2D eigenvalue weighted by molar-refractivity contribution is 5.90. The number of unbranched alkanes of at least 4 members (excludes halogenated alkanes) is 4. The van der Waals surface area contributed by atoms with Gasteiger partial charge in [0.25, 0.3) is 0 Å². The number of halogens is 1. The van der Waals surface area contributed by atoms with E-state index in [1.54, 1.807) is 12.1 Å². The SMILES string of the molecule is CCCCCCCc1cnc(-c2ccc(-c3ccc(C(=O)OCCOC[C@@H](F)CCC)cc3)cc2)nc1. The molecule has 0 aliphatic heterocycles. The number of esters is 1. The normalized spacial score (nSPS) is 11.9. The highest BCUT2D eigenvalue weighted by Gasteiger charge is 2.09. The van der Waals surface area contributed by atoms with Crippen LogP contribution in [0.4, 0.5) is 4.39 Å². The second-order valence-electron chi connectivity index (χ2n) is 9.33. The third-order valence-corrected chi connectivity index (χ3v) is 6.23. The summed E-state index contributed by atoms with van der Waals surface area (Å²) >= 11 is 0.